The predicted molar refractivity (Wildman–Crippen MR) is 97.2 cm³/mol. The number of fused-ring (bicyclic) bond motifs is 1. The van der Waals surface area contributed by atoms with E-state index in [1.54, 1.807) is 6.20 Å². The molecular formula is C19H26N4O2. The Balaban J connectivity index is 1.88. The first kappa shape index (κ1) is 17.6. The minimum Gasteiger partial charge on any atom is -0.489 e. The second-order valence-corrected chi connectivity index (χ2v) is 7.06. The number of aromatic nitrogens is 3. The van der Waals surface area contributed by atoms with Crippen LogP contribution in [-0.2, 0) is 12.0 Å². The molecule has 0 aliphatic carbocycles. The molecule has 3 heterocycles. The molecule has 1 aliphatic heterocycles. The van der Waals surface area contributed by atoms with Gasteiger partial charge in [0.25, 0.3) is 0 Å². The summed E-state index contributed by atoms with van der Waals surface area (Å²) in [7, 11) is 0. The zero-order chi connectivity index (χ0) is 18.0. The lowest BCUT2D eigenvalue weighted by molar-refractivity contribution is 0.192. The Bertz CT molecular complexity index is 727. The molecule has 3 rings (SSSR count). The normalized spacial score (nSPS) is 15.5. The van der Waals surface area contributed by atoms with Gasteiger partial charge in [-0.1, -0.05) is 27.7 Å². The number of anilines is 2. The lowest BCUT2D eigenvalue weighted by Crippen LogP contribution is -2.25. The van der Waals surface area contributed by atoms with Crippen LogP contribution in [-0.4, -0.2) is 32.7 Å². The lowest BCUT2D eigenvalue weighted by atomic mass is 9.89. The zero-order valence-corrected chi connectivity index (χ0v) is 15.4. The number of nitrogens with zero attached hydrogens (tertiary/aromatic N) is 4. The first-order valence-electron chi connectivity index (χ1n) is 8.86. The third kappa shape index (κ3) is 3.44. The maximum absolute atomic E-state index is 9.35. The molecule has 0 bridgehead atoms. The van der Waals surface area contributed by atoms with E-state index in [1.807, 2.05) is 18.3 Å². The van der Waals surface area contributed by atoms with Gasteiger partial charge in [0.1, 0.15) is 24.0 Å². The first-order valence-corrected chi connectivity index (χ1v) is 8.86. The SMILES string of the molecule is CCC(CC)Oc1ccc(N2CC(C)(C)c3cnc(CO)nc32)nc1. The quantitative estimate of drug-likeness (QED) is 0.868. The van der Waals surface area contributed by atoms with E-state index in [2.05, 4.69) is 47.5 Å². The largest absolute Gasteiger partial charge is 0.489 e. The van der Waals surface area contributed by atoms with Gasteiger partial charge in [0.05, 0.1) is 12.3 Å². The van der Waals surface area contributed by atoms with Crippen molar-refractivity contribution in [2.24, 2.45) is 0 Å². The topological polar surface area (TPSA) is 71.4 Å². The number of aliphatic hydroxyl groups excluding tert-OH is 1. The van der Waals surface area contributed by atoms with Crippen molar-refractivity contribution in [3.05, 3.63) is 35.9 Å². The first-order chi connectivity index (χ1) is 12.0. The molecule has 0 saturated carbocycles. The standard InChI is InChI=1S/C19H26N4O2/c1-5-13(6-2)25-14-7-8-17(21-9-14)23-12-19(3,4)15-10-20-16(11-24)22-18(15)23/h7-10,13,24H,5-6,11-12H2,1-4H3. The molecule has 0 atom stereocenters. The average molecular weight is 342 g/mol. The van der Waals surface area contributed by atoms with Gasteiger partial charge in [0.2, 0.25) is 0 Å². The number of ether oxygens (including phenoxy) is 1. The second kappa shape index (κ2) is 6.96. The summed E-state index contributed by atoms with van der Waals surface area (Å²) in [5, 5.41) is 9.35. The molecule has 6 heteroatoms. The smallest absolute Gasteiger partial charge is 0.156 e. The number of aliphatic hydroxyl groups is 1. The predicted octanol–water partition coefficient (Wildman–Crippen LogP) is 3.36. The summed E-state index contributed by atoms with van der Waals surface area (Å²) in [6.07, 6.45) is 5.77. The van der Waals surface area contributed by atoms with Crippen LogP contribution in [0.3, 0.4) is 0 Å². The van der Waals surface area contributed by atoms with Crippen molar-refractivity contribution in [3.8, 4) is 5.75 Å². The van der Waals surface area contributed by atoms with Crippen molar-refractivity contribution in [2.75, 3.05) is 11.4 Å². The summed E-state index contributed by atoms with van der Waals surface area (Å²) < 4.78 is 5.94. The van der Waals surface area contributed by atoms with Crippen LogP contribution < -0.4 is 9.64 Å². The Morgan fingerprint density at radius 1 is 1.20 bits per heavy atom. The van der Waals surface area contributed by atoms with Crippen molar-refractivity contribution < 1.29 is 9.84 Å². The molecule has 1 N–H and O–H groups in total. The number of rotatable bonds is 6. The molecular weight excluding hydrogens is 316 g/mol. The lowest BCUT2D eigenvalue weighted by Gasteiger charge is -2.21. The van der Waals surface area contributed by atoms with Crippen molar-refractivity contribution in [2.45, 2.75) is 58.7 Å². The minimum absolute atomic E-state index is 0.0737. The number of pyridine rings is 1. The molecule has 0 saturated heterocycles. The fourth-order valence-electron chi connectivity index (χ4n) is 3.16. The van der Waals surface area contributed by atoms with E-state index < -0.39 is 0 Å². The third-order valence-electron chi connectivity index (χ3n) is 4.71. The van der Waals surface area contributed by atoms with Crippen LogP contribution in [0.25, 0.3) is 0 Å². The zero-order valence-electron chi connectivity index (χ0n) is 15.4. The minimum atomic E-state index is -0.169. The maximum atomic E-state index is 9.35. The Labute approximate surface area is 148 Å². The van der Waals surface area contributed by atoms with Crippen LogP contribution in [0.2, 0.25) is 0 Å². The Hall–Kier alpha value is -2.21. The molecule has 134 valence electrons. The summed E-state index contributed by atoms with van der Waals surface area (Å²) >= 11 is 0. The van der Waals surface area contributed by atoms with Crippen LogP contribution in [0.5, 0.6) is 5.75 Å². The van der Waals surface area contributed by atoms with Gasteiger partial charge in [0, 0.05) is 23.7 Å². The van der Waals surface area contributed by atoms with Crippen LogP contribution in [0.15, 0.2) is 24.5 Å². The summed E-state index contributed by atoms with van der Waals surface area (Å²) in [6, 6.07) is 3.92. The van der Waals surface area contributed by atoms with Crippen molar-refractivity contribution in [1.29, 1.82) is 0 Å². The Morgan fingerprint density at radius 3 is 2.56 bits per heavy atom. The molecule has 0 fully saturated rings. The van der Waals surface area contributed by atoms with E-state index in [9.17, 15) is 5.11 Å². The van der Waals surface area contributed by atoms with E-state index in [4.69, 9.17) is 4.74 Å². The Kier molecular flexibility index (Phi) is 4.90. The highest BCUT2D eigenvalue weighted by Crippen LogP contribution is 2.42. The summed E-state index contributed by atoms with van der Waals surface area (Å²) in [5.74, 6) is 2.86. The van der Waals surface area contributed by atoms with Crippen LogP contribution >= 0.6 is 0 Å². The van der Waals surface area contributed by atoms with Gasteiger partial charge in [-0.3, -0.25) is 0 Å². The highest BCUT2D eigenvalue weighted by Gasteiger charge is 2.38. The molecule has 0 spiro atoms. The van der Waals surface area contributed by atoms with Crippen molar-refractivity contribution >= 4 is 11.6 Å². The molecule has 2 aromatic heterocycles. The number of hydrogen-bond donors (Lipinski definition) is 1. The fraction of sp³-hybridized carbons (Fsp3) is 0.526. The van der Waals surface area contributed by atoms with E-state index in [0.29, 0.717) is 5.82 Å². The monoisotopic (exact) mass is 342 g/mol. The molecule has 0 aromatic carbocycles. The van der Waals surface area contributed by atoms with Gasteiger partial charge in [0.15, 0.2) is 5.82 Å². The Morgan fingerprint density at radius 2 is 1.96 bits per heavy atom. The molecule has 6 nitrogen and oxygen atoms in total. The van der Waals surface area contributed by atoms with Gasteiger partial charge in [-0.15, -0.1) is 0 Å². The van der Waals surface area contributed by atoms with Gasteiger partial charge < -0.3 is 14.7 Å². The number of hydrogen-bond acceptors (Lipinski definition) is 6. The average Bonchev–Trinajstić information content (AvgIpc) is 2.90. The highest BCUT2D eigenvalue weighted by molar-refractivity contribution is 5.66. The van der Waals surface area contributed by atoms with Crippen LogP contribution in [0.1, 0.15) is 51.9 Å². The highest BCUT2D eigenvalue weighted by atomic mass is 16.5. The molecule has 25 heavy (non-hydrogen) atoms. The van der Waals surface area contributed by atoms with Crippen LogP contribution in [0.4, 0.5) is 11.6 Å². The molecule has 0 radical (unpaired) electrons. The molecule has 2 aromatic rings. The van der Waals surface area contributed by atoms with Crippen molar-refractivity contribution in [1.82, 2.24) is 15.0 Å². The van der Waals surface area contributed by atoms with E-state index in [1.165, 1.54) is 0 Å². The van der Waals surface area contributed by atoms with Gasteiger partial charge in [-0.05, 0) is 25.0 Å². The van der Waals surface area contributed by atoms with Crippen LogP contribution in [0, 0.1) is 0 Å². The second-order valence-electron chi connectivity index (χ2n) is 7.06. The molecule has 0 unspecified atom stereocenters. The van der Waals surface area contributed by atoms with Gasteiger partial charge >= 0.3 is 0 Å². The summed E-state index contributed by atoms with van der Waals surface area (Å²) in [4.78, 5) is 15.4. The van der Waals surface area contributed by atoms with Gasteiger partial charge in [-0.2, -0.15) is 0 Å². The molecule has 1 aliphatic rings. The van der Waals surface area contributed by atoms with E-state index in [0.717, 1.165) is 42.3 Å². The van der Waals surface area contributed by atoms with E-state index in [-0.39, 0.29) is 18.1 Å². The van der Waals surface area contributed by atoms with Gasteiger partial charge in [-0.25, -0.2) is 15.0 Å². The third-order valence-corrected chi connectivity index (χ3v) is 4.71. The summed E-state index contributed by atoms with van der Waals surface area (Å²) in [6.45, 7) is 9.18. The molecule has 0 amide bonds. The summed E-state index contributed by atoms with van der Waals surface area (Å²) in [5.41, 5.74) is 0.999. The van der Waals surface area contributed by atoms with E-state index >= 15 is 0 Å². The maximum Gasteiger partial charge on any atom is 0.156 e. The fourth-order valence-corrected chi connectivity index (χ4v) is 3.16. The van der Waals surface area contributed by atoms with Crippen molar-refractivity contribution in [3.63, 3.8) is 0 Å².